The van der Waals surface area contributed by atoms with Crippen molar-refractivity contribution in [3.8, 4) is 0 Å². The molecular weight excluding hydrogens is 230 g/mol. The summed E-state index contributed by atoms with van der Waals surface area (Å²) in [6.07, 6.45) is 1.61. The second-order valence-electron chi connectivity index (χ2n) is 4.01. The van der Waals surface area contributed by atoms with Gasteiger partial charge in [0.25, 0.3) is 0 Å². The Bertz CT molecular complexity index is 572. The Hall–Kier alpha value is -2.36. The fourth-order valence-corrected chi connectivity index (χ4v) is 1.78. The van der Waals surface area contributed by atoms with Gasteiger partial charge in [-0.15, -0.1) is 0 Å². The summed E-state index contributed by atoms with van der Waals surface area (Å²) in [4.78, 5) is 23.2. The van der Waals surface area contributed by atoms with E-state index in [-0.39, 0.29) is 5.78 Å². The van der Waals surface area contributed by atoms with Crippen LogP contribution in [-0.2, 0) is 4.79 Å². The molecule has 4 nitrogen and oxygen atoms in total. The number of ketones is 1. The van der Waals surface area contributed by atoms with Gasteiger partial charge >= 0.3 is 5.97 Å². The molecule has 1 N–H and O–H groups in total. The summed E-state index contributed by atoms with van der Waals surface area (Å²) in [6.45, 7) is 1.55. The molecule has 18 heavy (non-hydrogen) atoms. The van der Waals surface area contributed by atoms with Crippen molar-refractivity contribution in [2.75, 3.05) is 0 Å². The van der Waals surface area contributed by atoms with Crippen LogP contribution < -0.4 is 0 Å². The van der Waals surface area contributed by atoms with Crippen LogP contribution >= 0.6 is 0 Å². The highest BCUT2D eigenvalue weighted by atomic mass is 16.4. The van der Waals surface area contributed by atoms with Crippen molar-refractivity contribution in [2.24, 2.45) is 0 Å². The number of nitrogens with zero attached hydrogens (tertiary/aromatic N) is 1. The molecule has 0 saturated heterocycles. The molecule has 1 aromatic heterocycles. The van der Waals surface area contributed by atoms with Crippen molar-refractivity contribution < 1.29 is 14.7 Å². The average Bonchev–Trinajstić information content (AvgIpc) is 2.87. The molecule has 0 radical (unpaired) electrons. The van der Waals surface area contributed by atoms with Gasteiger partial charge in [-0.3, -0.25) is 4.79 Å². The monoisotopic (exact) mass is 243 g/mol. The Morgan fingerprint density at radius 1 is 1.11 bits per heavy atom. The lowest BCUT2D eigenvalue weighted by Crippen LogP contribution is -2.19. The van der Waals surface area contributed by atoms with Crippen molar-refractivity contribution in [3.63, 3.8) is 0 Å². The average molecular weight is 243 g/mol. The lowest BCUT2D eigenvalue weighted by molar-refractivity contribution is -0.140. The van der Waals surface area contributed by atoms with Crippen LogP contribution in [0.25, 0.3) is 0 Å². The third kappa shape index (κ3) is 2.18. The smallest absolute Gasteiger partial charge is 0.326 e. The van der Waals surface area contributed by atoms with E-state index in [0.29, 0.717) is 11.3 Å². The summed E-state index contributed by atoms with van der Waals surface area (Å²) in [5.74, 6) is -1.14. The van der Waals surface area contributed by atoms with E-state index in [1.165, 1.54) is 4.57 Å². The van der Waals surface area contributed by atoms with Crippen molar-refractivity contribution in [1.29, 1.82) is 0 Å². The largest absolute Gasteiger partial charge is 0.480 e. The molecule has 0 amide bonds. The highest BCUT2D eigenvalue weighted by Gasteiger charge is 2.20. The van der Waals surface area contributed by atoms with E-state index >= 15 is 0 Å². The number of aromatic nitrogens is 1. The van der Waals surface area contributed by atoms with Gasteiger partial charge in [-0.25, -0.2) is 4.79 Å². The number of aliphatic carboxylic acids is 1. The molecule has 2 aromatic rings. The third-order valence-electron chi connectivity index (χ3n) is 2.82. The third-order valence-corrected chi connectivity index (χ3v) is 2.82. The van der Waals surface area contributed by atoms with Crippen LogP contribution in [0.15, 0.2) is 48.7 Å². The first-order chi connectivity index (χ1) is 8.61. The highest BCUT2D eigenvalue weighted by Crippen LogP contribution is 2.16. The number of carbonyl (C=O) groups is 2. The standard InChI is InChI=1S/C14H13NO3/c1-10(14(17)18)15-9-5-8-12(15)13(16)11-6-3-2-4-7-11/h2-10H,1H3,(H,17,18). The zero-order valence-corrected chi connectivity index (χ0v) is 9.91. The number of hydrogen-bond donors (Lipinski definition) is 1. The van der Waals surface area contributed by atoms with Gasteiger partial charge in [0.1, 0.15) is 6.04 Å². The minimum Gasteiger partial charge on any atom is -0.480 e. The molecule has 1 atom stereocenters. The topological polar surface area (TPSA) is 59.3 Å². The summed E-state index contributed by atoms with van der Waals surface area (Å²) in [7, 11) is 0. The molecule has 0 aliphatic heterocycles. The molecule has 0 saturated carbocycles. The Morgan fingerprint density at radius 3 is 2.39 bits per heavy atom. The zero-order valence-electron chi connectivity index (χ0n) is 9.91. The van der Waals surface area contributed by atoms with Gasteiger partial charge in [-0.2, -0.15) is 0 Å². The molecule has 0 bridgehead atoms. The Kier molecular flexibility index (Phi) is 3.28. The van der Waals surface area contributed by atoms with Gasteiger partial charge < -0.3 is 9.67 Å². The number of hydrogen-bond acceptors (Lipinski definition) is 2. The van der Waals surface area contributed by atoms with Gasteiger partial charge in [0.05, 0.1) is 5.69 Å². The predicted molar refractivity (Wildman–Crippen MR) is 66.7 cm³/mol. The van der Waals surface area contributed by atoms with Crippen molar-refractivity contribution in [3.05, 3.63) is 59.9 Å². The summed E-state index contributed by atoms with van der Waals surface area (Å²) in [5, 5.41) is 9.00. The number of benzene rings is 1. The maximum absolute atomic E-state index is 12.2. The Morgan fingerprint density at radius 2 is 1.78 bits per heavy atom. The number of rotatable bonds is 4. The second-order valence-corrected chi connectivity index (χ2v) is 4.01. The van der Waals surface area contributed by atoms with E-state index in [2.05, 4.69) is 0 Å². The molecule has 1 unspecified atom stereocenters. The van der Waals surface area contributed by atoms with E-state index in [4.69, 9.17) is 5.11 Å². The maximum Gasteiger partial charge on any atom is 0.326 e. The van der Waals surface area contributed by atoms with Crippen LogP contribution in [0.4, 0.5) is 0 Å². The Labute approximate surface area is 104 Å². The molecule has 2 rings (SSSR count). The fraction of sp³-hybridized carbons (Fsp3) is 0.143. The number of carboxylic acids is 1. The maximum atomic E-state index is 12.2. The molecular formula is C14H13NO3. The van der Waals surface area contributed by atoms with E-state index in [9.17, 15) is 9.59 Å². The lowest BCUT2D eigenvalue weighted by Gasteiger charge is -2.12. The minimum absolute atomic E-state index is 0.172. The van der Waals surface area contributed by atoms with E-state index in [1.54, 1.807) is 49.5 Å². The molecule has 1 heterocycles. The normalized spacial score (nSPS) is 12.1. The van der Waals surface area contributed by atoms with Crippen molar-refractivity contribution in [2.45, 2.75) is 13.0 Å². The van der Waals surface area contributed by atoms with Gasteiger partial charge in [0, 0.05) is 11.8 Å². The molecule has 0 spiro atoms. The molecule has 0 aliphatic carbocycles. The molecule has 1 aromatic carbocycles. The molecule has 4 heteroatoms. The van der Waals surface area contributed by atoms with Crippen molar-refractivity contribution in [1.82, 2.24) is 4.57 Å². The van der Waals surface area contributed by atoms with Gasteiger partial charge in [0.15, 0.2) is 0 Å². The zero-order chi connectivity index (χ0) is 13.1. The lowest BCUT2D eigenvalue weighted by atomic mass is 10.1. The quantitative estimate of drug-likeness (QED) is 0.838. The number of carbonyl (C=O) groups excluding carboxylic acids is 1. The second kappa shape index (κ2) is 4.87. The highest BCUT2D eigenvalue weighted by molar-refractivity contribution is 6.08. The van der Waals surface area contributed by atoms with Gasteiger partial charge in [-0.05, 0) is 19.1 Å². The SMILES string of the molecule is CC(C(=O)O)n1cccc1C(=O)c1ccccc1. The molecule has 92 valence electrons. The summed E-state index contributed by atoms with van der Waals surface area (Å²) < 4.78 is 1.47. The van der Waals surface area contributed by atoms with E-state index < -0.39 is 12.0 Å². The summed E-state index contributed by atoms with van der Waals surface area (Å²) in [5.41, 5.74) is 0.936. The van der Waals surface area contributed by atoms with E-state index in [1.807, 2.05) is 6.07 Å². The summed E-state index contributed by atoms with van der Waals surface area (Å²) in [6, 6.07) is 11.4. The first-order valence-corrected chi connectivity index (χ1v) is 5.60. The van der Waals surface area contributed by atoms with Crippen LogP contribution in [0.5, 0.6) is 0 Å². The van der Waals surface area contributed by atoms with Gasteiger partial charge in [0.2, 0.25) is 5.78 Å². The molecule has 0 fully saturated rings. The van der Waals surface area contributed by atoms with Crippen LogP contribution in [0.3, 0.4) is 0 Å². The van der Waals surface area contributed by atoms with Gasteiger partial charge in [-0.1, -0.05) is 30.3 Å². The predicted octanol–water partition coefficient (Wildman–Crippen LogP) is 2.36. The minimum atomic E-state index is -0.965. The first-order valence-electron chi connectivity index (χ1n) is 5.60. The van der Waals surface area contributed by atoms with Crippen LogP contribution in [-0.4, -0.2) is 21.4 Å². The van der Waals surface area contributed by atoms with Crippen LogP contribution in [0.2, 0.25) is 0 Å². The fourth-order valence-electron chi connectivity index (χ4n) is 1.78. The molecule has 0 aliphatic rings. The van der Waals surface area contributed by atoms with Crippen LogP contribution in [0.1, 0.15) is 29.0 Å². The van der Waals surface area contributed by atoms with Crippen molar-refractivity contribution >= 4 is 11.8 Å². The first kappa shape index (κ1) is 12.1. The van der Waals surface area contributed by atoms with Crippen LogP contribution in [0, 0.1) is 0 Å². The summed E-state index contributed by atoms with van der Waals surface area (Å²) >= 11 is 0. The Balaban J connectivity index is 2.38. The van der Waals surface area contributed by atoms with E-state index in [0.717, 1.165) is 0 Å². The number of carboxylic acid groups (broad SMARTS) is 1.